The SMILES string of the molecule is COCc1ccccc1C(=O)NCC(CCO)c1ccccc1. The van der Waals surface area contributed by atoms with E-state index in [0.717, 1.165) is 11.1 Å². The maximum atomic E-state index is 12.5. The molecule has 1 amide bonds. The van der Waals surface area contributed by atoms with Crippen LogP contribution in [0.1, 0.15) is 33.8 Å². The van der Waals surface area contributed by atoms with E-state index in [4.69, 9.17) is 4.74 Å². The number of rotatable bonds is 8. The van der Waals surface area contributed by atoms with Gasteiger partial charge in [0.15, 0.2) is 0 Å². The molecule has 122 valence electrons. The first-order chi connectivity index (χ1) is 11.3. The van der Waals surface area contributed by atoms with Crippen LogP contribution in [0, 0.1) is 0 Å². The average Bonchev–Trinajstić information content (AvgIpc) is 2.60. The summed E-state index contributed by atoms with van der Waals surface area (Å²) in [6.07, 6.45) is 0.615. The Kier molecular flexibility index (Phi) is 6.78. The van der Waals surface area contributed by atoms with Crippen LogP contribution >= 0.6 is 0 Å². The van der Waals surface area contributed by atoms with E-state index in [1.54, 1.807) is 13.2 Å². The fraction of sp³-hybridized carbons (Fsp3) is 0.316. The van der Waals surface area contributed by atoms with Crippen LogP contribution < -0.4 is 5.32 Å². The molecular weight excluding hydrogens is 290 g/mol. The van der Waals surface area contributed by atoms with Crippen LogP contribution in [0.2, 0.25) is 0 Å². The Labute approximate surface area is 137 Å². The highest BCUT2D eigenvalue weighted by Gasteiger charge is 2.15. The number of carbonyl (C=O) groups is 1. The first-order valence-corrected chi connectivity index (χ1v) is 7.77. The number of nitrogens with one attached hydrogen (secondary N) is 1. The van der Waals surface area contributed by atoms with Crippen molar-refractivity contribution in [3.63, 3.8) is 0 Å². The zero-order valence-electron chi connectivity index (χ0n) is 13.4. The van der Waals surface area contributed by atoms with Crippen molar-refractivity contribution in [2.75, 3.05) is 20.3 Å². The van der Waals surface area contributed by atoms with Crippen LogP contribution in [0.25, 0.3) is 0 Å². The smallest absolute Gasteiger partial charge is 0.251 e. The van der Waals surface area contributed by atoms with Gasteiger partial charge in [-0.2, -0.15) is 0 Å². The highest BCUT2D eigenvalue weighted by Crippen LogP contribution is 2.18. The van der Waals surface area contributed by atoms with Crippen LogP contribution in [0.4, 0.5) is 0 Å². The van der Waals surface area contributed by atoms with Crippen molar-refractivity contribution in [1.82, 2.24) is 5.32 Å². The summed E-state index contributed by atoms with van der Waals surface area (Å²) in [5.74, 6) is -0.0174. The molecule has 0 aliphatic heterocycles. The molecule has 0 aliphatic carbocycles. The molecule has 0 aromatic heterocycles. The van der Waals surface area contributed by atoms with E-state index in [9.17, 15) is 9.90 Å². The van der Waals surface area contributed by atoms with Crippen LogP contribution in [0.3, 0.4) is 0 Å². The Morgan fingerprint density at radius 2 is 1.83 bits per heavy atom. The Morgan fingerprint density at radius 3 is 2.52 bits per heavy atom. The number of benzene rings is 2. The second kappa shape index (κ2) is 9.08. The number of ether oxygens (including phenoxy) is 1. The van der Waals surface area contributed by atoms with Crippen LogP contribution in [-0.4, -0.2) is 31.3 Å². The minimum absolute atomic E-state index is 0.0929. The van der Waals surface area contributed by atoms with Crippen molar-refractivity contribution in [1.29, 1.82) is 0 Å². The molecule has 0 radical (unpaired) electrons. The first-order valence-electron chi connectivity index (χ1n) is 7.77. The molecular formula is C19H23NO3. The van der Waals surface area contributed by atoms with E-state index < -0.39 is 0 Å². The van der Waals surface area contributed by atoms with Gasteiger partial charge in [-0.05, 0) is 23.6 Å². The molecule has 0 heterocycles. The van der Waals surface area contributed by atoms with E-state index in [2.05, 4.69) is 5.32 Å². The molecule has 2 aromatic carbocycles. The number of hydrogen-bond acceptors (Lipinski definition) is 3. The summed E-state index contributed by atoms with van der Waals surface area (Å²) in [6.45, 7) is 0.989. The fourth-order valence-corrected chi connectivity index (χ4v) is 2.60. The number of carbonyl (C=O) groups excluding carboxylic acids is 1. The lowest BCUT2D eigenvalue weighted by Crippen LogP contribution is -2.29. The van der Waals surface area contributed by atoms with Crippen molar-refractivity contribution in [2.45, 2.75) is 18.9 Å². The highest BCUT2D eigenvalue weighted by molar-refractivity contribution is 5.95. The van der Waals surface area contributed by atoms with E-state index in [1.165, 1.54) is 0 Å². The standard InChI is InChI=1S/C19H23NO3/c1-23-14-17-9-5-6-10-18(17)19(22)20-13-16(11-12-21)15-7-3-2-4-8-15/h2-10,16,21H,11-14H2,1H3,(H,20,22). The normalized spacial score (nSPS) is 11.9. The third-order valence-electron chi connectivity index (χ3n) is 3.82. The summed E-state index contributed by atoms with van der Waals surface area (Å²) < 4.78 is 5.14. The molecule has 4 nitrogen and oxygen atoms in total. The minimum Gasteiger partial charge on any atom is -0.396 e. The molecule has 0 fully saturated rings. The van der Waals surface area contributed by atoms with Gasteiger partial charge in [-0.15, -0.1) is 0 Å². The largest absolute Gasteiger partial charge is 0.396 e. The van der Waals surface area contributed by atoms with Gasteiger partial charge in [-0.1, -0.05) is 48.5 Å². The Morgan fingerprint density at radius 1 is 1.13 bits per heavy atom. The summed E-state index contributed by atoms with van der Waals surface area (Å²) in [6, 6.07) is 17.4. The van der Waals surface area contributed by atoms with Crippen molar-refractivity contribution in [3.8, 4) is 0 Å². The predicted molar refractivity (Wildman–Crippen MR) is 90.4 cm³/mol. The van der Waals surface area contributed by atoms with Crippen molar-refractivity contribution in [3.05, 3.63) is 71.3 Å². The van der Waals surface area contributed by atoms with E-state index in [1.807, 2.05) is 48.5 Å². The van der Waals surface area contributed by atoms with Crippen molar-refractivity contribution >= 4 is 5.91 Å². The topological polar surface area (TPSA) is 58.6 Å². The zero-order chi connectivity index (χ0) is 16.5. The highest BCUT2D eigenvalue weighted by atomic mass is 16.5. The quantitative estimate of drug-likeness (QED) is 0.788. The van der Waals surface area contributed by atoms with Gasteiger partial charge in [0.25, 0.3) is 5.91 Å². The number of aliphatic hydroxyl groups excluding tert-OH is 1. The van der Waals surface area contributed by atoms with E-state index >= 15 is 0 Å². The molecule has 4 heteroatoms. The molecule has 2 aromatic rings. The molecule has 23 heavy (non-hydrogen) atoms. The maximum absolute atomic E-state index is 12.5. The van der Waals surface area contributed by atoms with Gasteiger partial charge in [-0.3, -0.25) is 4.79 Å². The Hall–Kier alpha value is -2.17. The lowest BCUT2D eigenvalue weighted by atomic mass is 9.96. The van der Waals surface area contributed by atoms with Crippen LogP contribution in [-0.2, 0) is 11.3 Å². The molecule has 0 bridgehead atoms. The first kappa shape index (κ1) is 17.2. The lowest BCUT2D eigenvalue weighted by molar-refractivity contribution is 0.0944. The number of amides is 1. The Balaban J connectivity index is 2.05. The number of aliphatic hydroxyl groups is 1. The van der Waals surface area contributed by atoms with Crippen LogP contribution in [0.5, 0.6) is 0 Å². The maximum Gasteiger partial charge on any atom is 0.251 e. The Bertz CT molecular complexity index is 613. The lowest BCUT2D eigenvalue weighted by Gasteiger charge is -2.18. The van der Waals surface area contributed by atoms with Gasteiger partial charge in [0.1, 0.15) is 0 Å². The zero-order valence-corrected chi connectivity index (χ0v) is 13.4. The molecule has 2 rings (SSSR count). The predicted octanol–water partition coefficient (Wildman–Crippen LogP) is 2.73. The molecule has 0 spiro atoms. The monoisotopic (exact) mass is 313 g/mol. The summed E-state index contributed by atoms with van der Waals surface area (Å²) in [5.41, 5.74) is 2.61. The van der Waals surface area contributed by atoms with Gasteiger partial charge >= 0.3 is 0 Å². The fourth-order valence-electron chi connectivity index (χ4n) is 2.60. The van der Waals surface area contributed by atoms with Gasteiger partial charge in [0.05, 0.1) is 6.61 Å². The van der Waals surface area contributed by atoms with E-state index in [0.29, 0.717) is 25.1 Å². The van der Waals surface area contributed by atoms with Crippen molar-refractivity contribution in [2.24, 2.45) is 0 Å². The van der Waals surface area contributed by atoms with Crippen molar-refractivity contribution < 1.29 is 14.6 Å². The number of methoxy groups -OCH3 is 1. The second-order valence-corrected chi connectivity index (χ2v) is 5.42. The molecule has 0 aliphatic rings. The average molecular weight is 313 g/mol. The number of hydrogen-bond donors (Lipinski definition) is 2. The summed E-state index contributed by atoms with van der Waals surface area (Å²) in [7, 11) is 1.61. The summed E-state index contributed by atoms with van der Waals surface area (Å²) >= 11 is 0. The van der Waals surface area contributed by atoms with Gasteiger partial charge in [0, 0.05) is 31.7 Å². The third-order valence-corrected chi connectivity index (χ3v) is 3.82. The molecule has 1 unspecified atom stereocenters. The second-order valence-electron chi connectivity index (χ2n) is 5.42. The minimum atomic E-state index is -0.114. The molecule has 0 saturated heterocycles. The molecule has 2 N–H and O–H groups in total. The molecule has 1 atom stereocenters. The van der Waals surface area contributed by atoms with Crippen LogP contribution in [0.15, 0.2) is 54.6 Å². The van der Waals surface area contributed by atoms with Gasteiger partial charge in [-0.25, -0.2) is 0 Å². The third kappa shape index (κ3) is 4.91. The summed E-state index contributed by atoms with van der Waals surface area (Å²) in [5, 5.41) is 12.2. The van der Waals surface area contributed by atoms with Gasteiger partial charge in [0.2, 0.25) is 0 Å². The van der Waals surface area contributed by atoms with Gasteiger partial charge < -0.3 is 15.2 Å². The molecule has 0 saturated carbocycles. The van der Waals surface area contributed by atoms with E-state index in [-0.39, 0.29) is 18.4 Å². The summed E-state index contributed by atoms with van der Waals surface area (Å²) in [4.78, 5) is 12.5.